The molecule has 0 aliphatic rings. The first-order valence-electron chi connectivity index (χ1n) is 7.75. The number of benzene rings is 2. The molecule has 28 heavy (non-hydrogen) atoms. The third-order valence-corrected chi connectivity index (χ3v) is 6.60. The molecule has 1 unspecified atom stereocenters. The number of aryl methyl sites for hydroxylation is 3. The van der Waals surface area contributed by atoms with Crippen LogP contribution in [-0.2, 0) is 14.6 Å². The van der Waals surface area contributed by atoms with Crippen LogP contribution in [0.25, 0.3) is 0 Å². The number of hydrogen-bond donors (Lipinski definition) is 2. The second-order valence-corrected chi connectivity index (χ2v) is 9.49. The van der Waals surface area contributed by atoms with E-state index in [4.69, 9.17) is 4.52 Å². The number of non-ortho nitro benzene ring substituents is 1. The van der Waals surface area contributed by atoms with Crippen molar-refractivity contribution in [3.8, 4) is 5.75 Å². The Morgan fingerprint density at radius 3 is 2.11 bits per heavy atom. The summed E-state index contributed by atoms with van der Waals surface area (Å²) in [6.07, 6.45) is -0.848. The van der Waals surface area contributed by atoms with Gasteiger partial charge in [-0.2, -0.15) is 4.72 Å². The van der Waals surface area contributed by atoms with E-state index in [1.54, 1.807) is 26.0 Å². The number of hydrogen-bond acceptors (Lipinski definition) is 6. The van der Waals surface area contributed by atoms with Crippen LogP contribution < -0.4 is 9.25 Å². The Kier molecular flexibility index (Phi) is 8.40. The predicted octanol–water partition coefficient (Wildman–Crippen LogP) is 2.37. The summed E-state index contributed by atoms with van der Waals surface area (Å²) >= 11 is 0. The van der Waals surface area contributed by atoms with E-state index in [0.717, 1.165) is 29.8 Å². The Bertz CT molecular complexity index is 1000. The number of nitrogens with zero attached hydrogens (tertiary/aromatic N) is 1. The van der Waals surface area contributed by atoms with Gasteiger partial charge in [0.25, 0.3) is 5.69 Å². The van der Waals surface area contributed by atoms with E-state index in [1.165, 1.54) is 0 Å². The van der Waals surface area contributed by atoms with E-state index in [1.807, 2.05) is 6.92 Å². The van der Waals surface area contributed by atoms with Gasteiger partial charge in [0.2, 0.25) is 10.0 Å². The van der Waals surface area contributed by atoms with Gasteiger partial charge < -0.3 is 9.42 Å². The van der Waals surface area contributed by atoms with Crippen LogP contribution in [0.2, 0.25) is 0 Å². The number of sulfonamides is 1. The van der Waals surface area contributed by atoms with Gasteiger partial charge in [-0.25, -0.2) is 13.0 Å². The molecule has 148 valence electrons. The molecule has 2 aromatic carbocycles. The van der Waals surface area contributed by atoms with E-state index in [9.17, 15) is 28.0 Å². The van der Waals surface area contributed by atoms with E-state index < -0.39 is 28.8 Å². The summed E-state index contributed by atoms with van der Waals surface area (Å²) in [5, 5.41) is 10.6. The second-order valence-electron chi connectivity index (χ2n) is 6.01. The first-order chi connectivity index (χ1) is 12.4. The molecule has 0 bridgehead atoms. The molecule has 12 heteroatoms. The molecule has 2 aromatic rings. The summed E-state index contributed by atoms with van der Waals surface area (Å²) in [5.41, 5.74) is 1.73. The molecule has 2 rings (SSSR count). The summed E-state index contributed by atoms with van der Waals surface area (Å²) in [6, 6.07) is 7.94. The predicted molar refractivity (Wildman–Crippen MR) is 107 cm³/mol. The molecule has 0 spiro atoms. The van der Waals surface area contributed by atoms with E-state index in [-0.39, 0.29) is 45.9 Å². The monoisotopic (exact) mass is 438 g/mol. The average Bonchev–Trinajstić information content (AvgIpc) is 2.52. The van der Waals surface area contributed by atoms with Crippen LogP contribution in [0.5, 0.6) is 5.75 Å². The molecule has 2 N–H and O–H groups in total. The van der Waals surface area contributed by atoms with Gasteiger partial charge in [-0.05, 0) is 44.0 Å². The molecule has 9 nitrogen and oxygen atoms in total. The molecule has 0 aliphatic heterocycles. The van der Waals surface area contributed by atoms with Crippen molar-refractivity contribution in [3.63, 3.8) is 0 Å². The average molecular weight is 438 g/mol. The fraction of sp³-hybridized carbons (Fsp3) is 0.250. The summed E-state index contributed by atoms with van der Waals surface area (Å²) in [7, 11) is -8.40. The SMILES string of the molecule is Cc1cc(C)c(S(=O)(=O)NCP(=O)(O)Oc2ccc([N+](=O)[O-])cc2)c(C)c1.[NaH]. The van der Waals surface area contributed by atoms with Crippen molar-refractivity contribution in [2.45, 2.75) is 25.7 Å². The fourth-order valence-corrected chi connectivity index (χ4v) is 5.61. The molecule has 0 amide bonds. The van der Waals surface area contributed by atoms with Gasteiger partial charge in [0.05, 0.1) is 9.82 Å². The van der Waals surface area contributed by atoms with Crippen LogP contribution in [0.3, 0.4) is 0 Å². The van der Waals surface area contributed by atoms with Crippen LogP contribution in [0.1, 0.15) is 16.7 Å². The molecule has 0 aromatic heterocycles. The zero-order valence-corrected chi connectivity index (χ0v) is 16.6. The maximum absolute atomic E-state index is 12.5. The zero-order chi connectivity index (χ0) is 20.4. The van der Waals surface area contributed by atoms with Crippen molar-refractivity contribution in [1.82, 2.24) is 4.72 Å². The van der Waals surface area contributed by atoms with E-state index >= 15 is 0 Å². The molecule has 0 aliphatic carbocycles. The van der Waals surface area contributed by atoms with Crippen LogP contribution in [-0.4, -0.2) is 54.1 Å². The number of rotatable bonds is 7. The van der Waals surface area contributed by atoms with Gasteiger partial charge in [-0.1, -0.05) is 17.7 Å². The van der Waals surface area contributed by atoms with Crippen molar-refractivity contribution in [1.29, 1.82) is 0 Å². The van der Waals surface area contributed by atoms with Crippen LogP contribution >= 0.6 is 7.60 Å². The molecule has 0 heterocycles. The summed E-state index contributed by atoms with van der Waals surface area (Å²) < 4.78 is 44.2. The van der Waals surface area contributed by atoms with Crippen molar-refractivity contribution >= 4 is 52.9 Å². The first-order valence-corrected chi connectivity index (χ1v) is 11.0. The summed E-state index contributed by atoms with van der Waals surface area (Å²) in [5.74, 6) is -0.0895. The van der Waals surface area contributed by atoms with Crippen molar-refractivity contribution in [2.24, 2.45) is 0 Å². The van der Waals surface area contributed by atoms with Crippen LogP contribution in [0, 0.1) is 30.9 Å². The Labute approximate surface area is 185 Å². The Morgan fingerprint density at radius 1 is 1.14 bits per heavy atom. The summed E-state index contributed by atoms with van der Waals surface area (Å²) in [6.45, 7) is 5.12. The zero-order valence-electron chi connectivity index (χ0n) is 14.9. The summed E-state index contributed by atoms with van der Waals surface area (Å²) in [4.78, 5) is 19.9. The van der Waals surface area contributed by atoms with Gasteiger partial charge >= 0.3 is 37.2 Å². The Balaban J connectivity index is 0.00000392. The fourth-order valence-electron chi connectivity index (χ4n) is 2.66. The molecular formula is C16H20N2NaO7PS. The standard InChI is InChI=1S/C16H19N2O7PS.Na.H/c1-11-8-12(2)16(13(3)9-11)27(23,24)17-10-26(21,22)25-15-6-4-14(5-7-15)18(19)20;;/h4-9,17H,10H2,1-3H3,(H,21,22);;. The number of nitro benzene ring substituents is 1. The van der Waals surface area contributed by atoms with Crippen molar-refractivity contribution in [2.75, 3.05) is 6.29 Å². The normalized spacial score (nSPS) is 13.3. The topological polar surface area (TPSA) is 136 Å². The van der Waals surface area contributed by atoms with Crippen LogP contribution in [0.4, 0.5) is 5.69 Å². The second kappa shape index (κ2) is 9.49. The van der Waals surface area contributed by atoms with Crippen molar-refractivity contribution < 1.29 is 27.3 Å². The van der Waals surface area contributed by atoms with E-state index in [2.05, 4.69) is 4.72 Å². The Hall–Kier alpha value is -1.26. The molecule has 0 fully saturated rings. The molecule has 0 radical (unpaired) electrons. The van der Waals surface area contributed by atoms with Gasteiger partial charge in [0, 0.05) is 12.1 Å². The van der Waals surface area contributed by atoms with Gasteiger partial charge in [-0.15, -0.1) is 0 Å². The van der Waals surface area contributed by atoms with Crippen molar-refractivity contribution in [3.05, 3.63) is 63.2 Å². The van der Waals surface area contributed by atoms with Gasteiger partial charge in [0.1, 0.15) is 12.0 Å². The third kappa shape index (κ3) is 6.38. The quantitative estimate of drug-likeness (QED) is 0.293. The molecule has 0 saturated carbocycles. The van der Waals surface area contributed by atoms with Gasteiger partial charge in [-0.3, -0.25) is 10.1 Å². The van der Waals surface area contributed by atoms with E-state index in [0.29, 0.717) is 11.1 Å². The van der Waals surface area contributed by atoms with Crippen LogP contribution in [0.15, 0.2) is 41.3 Å². The molecule has 1 atom stereocenters. The minimum atomic E-state index is -4.37. The Morgan fingerprint density at radius 2 is 1.64 bits per heavy atom. The number of nitro groups is 1. The first kappa shape index (κ1) is 24.8. The third-order valence-electron chi connectivity index (χ3n) is 3.62. The maximum atomic E-state index is 12.5. The van der Waals surface area contributed by atoms with Gasteiger partial charge in [0.15, 0.2) is 0 Å². The molecule has 0 saturated heterocycles. The number of nitrogens with one attached hydrogen (secondary N) is 1. The minimum absolute atomic E-state index is 0. The molecular weight excluding hydrogens is 418 g/mol.